The molecule has 1 fully saturated rings. The van der Waals surface area contributed by atoms with Gasteiger partial charge in [0.05, 0.1) is 19.1 Å². The summed E-state index contributed by atoms with van der Waals surface area (Å²) < 4.78 is 0. The zero-order valence-corrected chi connectivity index (χ0v) is 12.2. The zero-order chi connectivity index (χ0) is 14.3. The van der Waals surface area contributed by atoms with Crippen molar-refractivity contribution in [3.8, 4) is 0 Å². The van der Waals surface area contributed by atoms with Crippen LogP contribution in [-0.4, -0.2) is 39.3 Å². The molecule has 3 rings (SSSR count). The van der Waals surface area contributed by atoms with Crippen LogP contribution in [0.1, 0.15) is 12.7 Å². The monoisotopic (exact) mass is 310 g/mol. The summed E-state index contributed by atoms with van der Waals surface area (Å²) in [7, 11) is 0. The van der Waals surface area contributed by atoms with E-state index in [0.717, 1.165) is 10.2 Å². The van der Waals surface area contributed by atoms with E-state index in [0.29, 0.717) is 17.5 Å². The molecule has 0 spiro atoms. The molecule has 8 heteroatoms. The number of carbonyl (C=O) groups is 2. The third-order valence-electron chi connectivity index (χ3n) is 3.21. The lowest BCUT2D eigenvalue weighted by molar-refractivity contribution is -0.139. The Labute approximate surface area is 123 Å². The topological polar surface area (TPSA) is 75.2 Å². The number of amides is 2. The Morgan fingerprint density at radius 3 is 3.10 bits per heavy atom. The Morgan fingerprint density at radius 2 is 2.30 bits per heavy atom. The lowest BCUT2D eigenvalue weighted by Crippen LogP contribution is -2.56. The number of nitrogens with one attached hydrogen (secondary N) is 1. The highest BCUT2D eigenvalue weighted by atomic mass is 35.5. The molecule has 6 nitrogen and oxygen atoms in total. The number of hydrogen-bond acceptors (Lipinski definition) is 6. The number of thiophene rings is 1. The van der Waals surface area contributed by atoms with Gasteiger partial charge < -0.3 is 0 Å². The molecule has 0 aliphatic carbocycles. The van der Waals surface area contributed by atoms with Crippen molar-refractivity contribution in [2.45, 2.75) is 19.5 Å². The molecule has 1 unspecified atom stereocenters. The number of piperazine rings is 1. The summed E-state index contributed by atoms with van der Waals surface area (Å²) in [6.45, 7) is 2.21. The Hall–Kier alpha value is -1.57. The zero-order valence-electron chi connectivity index (χ0n) is 10.6. The number of nitrogens with zero attached hydrogens (tertiary/aromatic N) is 3. The van der Waals surface area contributed by atoms with Crippen LogP contribution in [0.3, 0.4) is 0 Å². The minimum absolute atomic E-state index is 0.149. The summed E-state index contributed by atoms with van der Waals surface area (Å²) in [4.78, 5) is 34.2. The largest absolute Gasteiger partial charge is 0.294 e. The third-order valence-corrected chi connectivity index (χ3v) is 4.30. The van der Waals surface area contributed by atoms with E-state index in [1.165, 1.54) is 11.3 Å². The SMILES string of the molecule is CC1C(=O)NC(=O)CN1Cc1nc(Cl)c2ccsc2n1. The number of rotatable bonds is 2. The Kier molecular flexibility index (Phi) is 3.41. The number of carbonyl (C=O) groups excluding carboxylic acids is 2. The van der Waals surface area contributed by atoms with Gasteiger partial charge in [-0.15, -0.1) is 11.3 Å². The standard InChI is InChI=1S/C12H11ClN4O2S/c1-6-11(19)16-9(18)5-17(6)4-8-14-10(13)7-2-3-20-12(7)15-8/h2-3,6H,4-5H2,1H3,(H,16,18,19). The molecule has 2 aromatic rings. The van der Waals surface area contributed by atoms with Crippen LogP contribution in [0.2, 0.25) is 5.15 Å². The third kappa shape index (κ3) is 2.39. The minimum Gasteiger partial charge on any atom is -0.294 e. The second-order valence-electron chi connectivity index (χ2n) is 4.56. The first-order valence-electron chi connectivity index (χ1n) is 6.02. The van der Waals surface area contributed by atoms with E-state index < -0.39 is 6.04 Å². The average molecular weight is 311 g/mol. The molecule has 0 saturated carbocycles. The fourth-order valence-corrected chi connectivity index (χ4v) is 3.16. The quantitative estimate of drug-likeness (QED) is 0.666. The predicted octanol–water partition coefficient (Wildman–Crippen LogP) is 1.19. The van der Waals surface area contributed by atoms with E-state index in [1.54, 1.807) is 11.8 Å². The normalized spacial score (nSPS) is 20.4. The summed E-state index contributed by atoms with van der Waals surface area (Å²) in [6.07, 6.45) is 0. The van der Waals surface area contributed by atoms with Gasteiger partial charge >= 0.3 is 0 Å². The van der Waals surface area contributed by atoms with Crippen molar-refractivity contribution in [1.82, 2.24) is 20.2 Å². The van der Waals surface area contributed by atoms with Crippen molar-refractivity contribution in [2.75, 3.05) is 6.54 Å². The van der Waals surface area contributed by atoms with Gasteiger partial charge in [-0.25, -0.2) is 9.97 Å². The van der Waals surface area contributed by atoms with Crippen LogP contribution in [0.25, 0.3) is 10.2 Å². The maximum Gasteiger partial charge on any atom is 0.243 e. The molecular formula is C12H11ClN4O2S. The van der Waals surface area contributed by atoms with Gasteiger partial charge in [0.15, 0.2) is 0 Å². The van der Waals surface area contributed by atoms with E-state index in [-0.39, 0.29) is 18.4 Å². The van der Waals surface area contributed by atoms with Gasteiger partial charge in [0.25, 0.3) is 0 Å². The van der Waals surface area contributed by atoms with Crippen LogP contribution in [0.5, 0.6) is 0 Å². The number of hydrogen-bond donors (Lipinski definition) is 1. The van der Waals surface area contributed by atoms with Crippen LogP contribution >= 0.6 is 22.9 Å². The van der Waals surface area contributed by atoms with Gasteiger partial charge in [-0.1, -0.05) is 11.6 Å². The molecule has 1 saturated heterocycles. The lowest BCUT2D eigenvalue weighted by atomic mass is 10.2. The lowest BCUT2D eigenvalue weighted by Gasteiger charge is -2.30. The van der Waals surface area contributed by atoms with Gasteiger partial charge in [-0.05, 0) is 18.4 Å². The van der Waals surface area contributed by atoms with Crippen LogP contribution in [0, 0.1) is 0 Å². The van der Waals surface area contributed by atoms with Crippen molar-refractivity contribution < 1.29 is 9.59 Å². The molecule has 20 heavy (non-hydrogen) atoms. The predicted molar refractivity (Wildman–Crippen MR) is 75.4 cm³/mol. The minimum atomic E-state index is -0.394. The first kappa shape index (κ1) is 13.4. The summed E-state index contributed by atoms with van der Waals surface area (Å²) in [5.74, 6) is -0.0970. The fraction of sp³-hybridized carbons (Fsp3) is 0.333. The maximum absolute atomic E-state index is 11.6. The second kappa shape index (κ2) is 5.08. The molecule has 1 atom stereocenters. The van der Waals surface area contributed by atoms with E-state index in [9.17, 15) is 9.59 Å². The Bertz CT molecular complexity index is 702. The van der Waals surface area contributed by atoms with E-state index >= 15 is 0 Å². The Morgan fingerprint density at radius 1 is 1.50 bits per heavy atom. The van der Waals surface area contributed by atoms with Gasteiger partial charge in [0, 0.05) is 5.39 Å². The molecule has 1 aliphatic rings. The highest BCUT2D eigenvalue weighted by molar-refractivity contribution is 7.16. The average Bonchev–Trinajstić information content (AvgIpc) is 2.84. The van der Waals surface area contributed by atoms with Gasteiger partial charge in [-0.3, -0.25) is 19.8 Å². The molecule has 2 amide bonds. The first-order chi connectivity index (χ1) is 9.54. The highest BCUT2D eigenvalue weighted by Crippen LogP contribution is 2.25. The number of halogens is 1. The van der Waals surface area contributed by atoms with Crippen LogP contribution in [0.15, 0.2) is 11.4 Å². The van der Waals surface area contributed by atoms with Crippen molar-refractivity contribution in [3.05, 3.63) is 22.4 Å². The molecule has 1 N–H and O–H groups in total. The highest BCUT2D eigenvalue weighted by Gasteiger charge is 2.30. The van der Waals surface area contributed by atoms with E-state index in [4.69, 9.17) is 11.6 Å². The maximum atomic E-state index is 11.6. The molecule has 1 aliphatic heterocycles. The molecule has 0 aromatic carbocycles. The van der Waals surface area contributed by atoms with Crippen molar-refractivity contribution >= 4 is 45.0 Å². The van der Waals surface area contributed by atoms with Crippen LogP contribution in [-0.2, 0) is 16.1 Å². The van der Waals surface area contributed by atoms with Gasteiger partial charge in [0.1, 0.15) is 15.8 Å². The number of aromatic nitrogens is 2. The molecule has 2 aromatic heterocycles. The van der Waals surface area contributed by atoms with Gasteiger partial charge in [0.2, 0.25) is 11.8 Å². The first-order valence-corrected chi connectivity index (χ1v) is 7.27. The van der Waals surface area contributed by atoms with Crippen molar-refractivity contribution in [3.63, 3.8) is 0 Å². The van der Waals surface area contributed by atoms with E-state index in [2.05, 4.69) is 15.3 Å². The molecule has 3 heterocycles. The molecular weight excluding hydrogens is 300 g/mol. The van der Waals surface area contributed by atoms with Crippen LogP contribution < -0.4 is 5.32 Å². The number of imide groups is 1. The molecule has 0 radical (unpaired) electrons. The summed E-state index contributed by atoms with van der Waals surface area (Å²) in [6, 6.07) is 1.47. The number of fused-ring (bicyclic) bond motifs is 1. The summed E-state index contributed by atoms with van der Waals surface area (Å²) >= 11 is 7.59. The smallest absolute Gasteiger partial charge is 0.243 e. The molecule has 0 bridgehead atoms. The summed E-state index contributed by atoms with van der Waals surface area (Å²) in [5, 5.41) is 5.41. The van der Waals surface area contributed by atoms with Gasteiger partial charge in [-0.2, -0.15) is 0 Å². The van der Waals surface area contributed by atoms with Crippen molar-refractivity contribution in [2.24, 2.45) is 0 Å². The van der Waals surface area contributed by atoms with Crippen molar-refractivity contribution in [1.29, 1.82) is 0 Å². The Balaban J connectivity index is 1.88. The fourth-order valence-electron chi connectivity index (χ4n) is 2.07. The molecule has 104 valence electrons. The second-order valence-corrected chi connectivity index (χ2v) is 5.82. The summed E-state index contributed by atoms with van der Waals surface area (Å²) in [5.41, 5.74) is 0. The van der Waals surface area contributed by atoms with E-state index in [1.807, 2.05) is 11.4 Å². The van der Waals surface area contributed by atoms with Crippen LogP contribution in [0.4, 0.5) is 0 Å².